The molecule has 0 unspecified atom stereocenters. The van der Waals surface area contributed by atoms with Crippen molar-refractivity contribution in [3.63, 3.8) is 0 Å². The molecule has 0 atom stereocenters. The van der Waals surface area contributed by atoms with E-state index in [1.165, 1.54) is 10.6 Å². The van der Waals surface area contributed by atoms with Crippen LogP contribution in [0, 0.1) is 6.92 Å². The summed E-state index contributed by atoms with van der Waals surface area (Å²) in [5.74, 6) is 0.820. The number of aromatic nitrogens is 2. The molecule has 116 valence electrons. The predicted octanol–water partition coefficient (Wildman–Crippen LogP) is 2.08. The zero-order valence-electron chi connectivity index (χ0n) is 12.5. The first-order valence-corrected chi connectivity index (χ1v) is 9.54. The summed E-state index contributed by atoms with van der Waals surface area (Å²) >= 11 is 1.62. The number of thiophene rings is 1. The van der Waals surface area contributed by atoms with E-state index in [9.17, 15) is 8.42 Å². The van der Waals surface area contributed by atoms with Crippen LogP contribution in [-0.4, -0.2) is 48.6 Å². The minimum Gasteiger partial charge on any atom is -0.369 e. The predicted molar refractivity (Wildman–Crippen MR) is 87.3 cm³/mol. The van der Waals surface area contributed by atoms with Gasteiger partial charge in [0, 0.05) is 19.6 Å². The van der Waals surface area contributed by atoms with Crippen LogP contribution >= 0.6 is 11.3 Å². The summed E-state index contributed by atoms with van der Waals surface area (Å²) in [4.78, 5) is 8.54. The van der Waals surface area contributed by atoms with E-state index in [1.54, 1.807) is 17.7 Å². The molecule has 0 aliphatic heterocycles. The second-order valence-electron chi connectivity index (χ2n) is 4.85. The van der Waals surface area contributed by atoms with Crippen LogP contribution in [-0.2, 0) is 10.0 Å². The second kappa shape index (κ2) is 6.67. The monoisotopic (exact) mass is 328 g/mol. The topological polar surface area (TPSA) is 75.2 Å². The van der Waals surface area contributed by atoms with Gasteiger partial charge >= 0.3 is 0 Å². The lowest BCUT2D eigenvalue weighted by Gasteiger charge is -2.17. The van der Waals surface area contributed by atoms with Crippen molar-refractivity contribution in [1.29, 1.82) is 0 Å². The third-order valence-electron chi connectivity index (χ3n) is 3.23. The van der Waals surface area contributed by atoms with Gasteiger partial charge in [-0.25, -0.2) is 22.7 Å². The van der Waals surface area contributed by atoms with Gasteiger partial charge in [-0.2, -0.15) is 0 Å². The molecule has 2 aromatic heterocycles. The largest absolute Gasteiger partial charge is 0.369 e. The van der Waals surface area contributed by atoms with Crippen LogP contribution in [0.3, 0.4) is 0 Å². The van der Waals surface area contributed by atoms with E-state index in [0.717, 1.165) is 28.0 Å². The van der Waals surface area contributed by atoms with Crippen molar-refractivity contribution in [3.05, 3.63) is 17.3 Å². The molecule has 0 saturated heterocycles. The summed E-state index contributed by atoms with van der Waals surface area (Å²) in [6, 6.07) is 0. The molecule has 0 aliphatic carbocycles. The first kappa shape index (κ1) is 16.1. The molecule has 0 amide bonds. The molecule has 0 aromatic carbocycles. The molecule has 2 rings (SSSR count). The minimum absolute atomic E-state index is 0.501. The van der Waals surface area contributed by atoms with E-state index in [2.05, 4.69) is 20.7 Å². The van der Waals surface area contributed by atoms with Gasteiger partial charge < -0.3 is 5.32 Å². The molecule has 6 nitrogen and oxygen atoms in total. The third-order valence-corrected chi connectivity index (χ3v) is 5.70. The normalized spacial score (nSPS) is 12.2. The Hall–Kier alpha value is -1.25. The van der Waals surface area contributed by atoms with Crippen LogP contribution in [0.4, 0.5) is 5.82 Å². The maximum absolute atomic E-state index is 11.5. The smallest absolute Gasteiger partial charge is 0.211 e. The van der Waals surface area contributed by atoms with E-state index in [-0.39, 0.29) is 0 Å². The first-order valence-electron chi connectivity index (χ1n) is 6.81. The van der Waals surface area contributed by atoms with Crippen LogP contribution in [0.5, 0.6) is 0 Å². The zero-order valence-corrected chi connectivity index (χ0v) is 14.1. The van der Waals surface area contributed by atoms with Crippen molar-refractivity contribution in [3.8, 4) is 0 Å². The van der Waals surface area contributed by atoms with Crippen molar-refractivity contribution in [1.82, 2.24) is 14.3 Å². The van der Waals surface area contributed by atoms with Gasteiger partial charge in [-0.3, -0.25) is 0 Å². The Bertz CT molecular complexity index is 712. The molecule has 2 aromatic rings. The van der Waals surface area contributed by atoms with E-state index < -0.39 is 10.0 Å². The lowest BCUT2D eigenvalue weighted by Crippen LogP contribution is -2.31. The Labute approximate surface area is 129 Å². The van der Waals surface area contributed by atoms with Crippen molar-refractivity contribution in [2.24, 2.45) is 0 Å². The maximum Gasteiger partial charge on any atom is 0.211 e. The van der Waals surface area contributed by atoms with Crippen LogP contribution in [0.15, 0.2) is 11.7 Å². The molecule has 0 radical (unpaired) electrons. The van der Waals surface area contributed by atoms with E-state index in [4.69, 9.17) is 0 Å². The lowest BCUT2D eigenvalue weighted by atomic mass is 10.3. The molecule has 8 heteroatoms. The van der Waals surface area contributed by atoms with Gasteiger partial charge in [-0.15, -0.1) is 11.3 Å². The molecule has 2 heterocycles. The molecule has 21 heavy (non-hydrogen) atoms. The Morgan fingerprint density at radius 2 is 2.14 bits per heavy atom. The van der Waals surface area contributed by atoms with E-state index in [1.807, 2.05) is 13.8 Å². The van der Waals surface area contributed by atoms with Crippen LogP contribution in [0.1, 0.15) is 18.9 Å². The fourth-order valence-corrected chi connectivity index (χ4v) is 4.01. The number of nitrogens with one attached hydrogen (secondary N) is 1. The van der Waals surface area contributed by atoms with E-state index in [0.29, 0.717) is 19.6 Å². The van der Waals surface area contributed by atoms with Gasteiger partial charge in [0.05, 0.1) is 16.5 Å². The Kier molecular flexibility index (Phi) is 5.13. The molecule has 0 aliphatic rings. The van der Waals surface area contributed by atoms with Gasteiger partial charge in [0.1, 0.15) is 12.1 Å². The number of hydrogen-bond acceptors (Lipinski definition) is 6. The highest BCUT2D eigenvalue weighted by Gasteiger charge is 2.13. The summed E-state index contributed by atoms with van der Waals surface area (Å²) in [6.07, 6.45) is 3.53. The molecular weight excluding hydrogens is 308 g/mol. The fourth-order valence-electron chi connectivity index (χ4n) is 2.12. The number of rotatable bonds is 7. The highest BCUT2D eigenvalue weighted by molar-refractivity contribution is 7.88. The average Bonchev–Trinajstić information content (AvgIpc) is 2.80. The Balaban J connectivity index is 1.94. The first-order chi connectivity index (χ1) is 9.93. The Morgan fingerprint density at radius 1 is 1.38 bits per heavy atom. The summed E-state index contributed by atoms with van der Waals surface area (Å²) in [7, 11) is -3.11. The van der Waals surface area contributed by atoms with Gasteiger partial charge in [0.25, 0.3) is 0 Å². The number of aryl methyl sites for hydroxylation is 1. The van der Waals surface area contributed by atoms with Crippen molar-refractivity contribution < 1.29 is 8.42 Å². The standard InChI is InChI=1S/C13H20N4O2S2/c1-4-17(21(3,18)19)7-5-6-14-13-12-11(15-9-16-13)10(2)8-20-12/h8-9H,4-7H2,1-3H3,(H,14,15,16). The molecular formula is C13H20N4O2S2. The summed E-state index contributed by atoms with van der Waals surface area (Å²) < 4.78 is 25.5. The summed E-state index contributed by atoms with van der Waals surface area (Å²) in [5, 5.41) is 5.33. The van der Waals surface area contributed by atoms with Gasteiger partial charge in [-0.05, 0) is 24.3 Å². The summed E-state index contributed by atoms with van der Waals surface area (Å²) in [6.45, 7) is 5.56. The number of hydrogen-bond donors (Lipinski definition) is 1. The highest BCUT2D eigenvalue weighted by atomic mass is 32.2. The van der Waals surface area contributed by atoms with Gasteiger partial charge in [-0.1, -0.05) is 6.92 Å². The minimum atomic E-state index is -3.11. The van der Waals surface area contributed by atoms with Crippen molar-refractivity contribution >= 4 is 37.4 Å². The van der Waals surface area contributed by atoms with Crippen molar-refractivity contribution in [2.45, 2.75) is 20.3 Å². The second-order valence-corrected chi connectivity index (χ2v) is 7.72. The van der Waals surface area contributed by atoms with Gasteiger partial charge in [0.15, 0.2) is 0 Å². The quantitative estimate of drug-likeness (QED) is 0.788. The Morgan fingerprint density at radius 3 is 2.81 bits per heavy atom. The maximum atomic E-state index is 11.5. The van der Waals surface area contributed by atoms with Crippen LogP contribution in [0.2, 0.25) is 0 Å². The fraction of sp³-hybridized carbons (Fsp3) is 0.538. The number of sulfonamides is 1. The number of fused-ring (bicyclic) bond motifs is 1. The molecule has 0 bridgehead atoms. The molecule has 0 spiro atoms. The SMILES string of the molecule is CCN(CCCNc1ncnc2c(C)csc12)S(C)(=O)=O. The van der Waals surface area contributed by atoms with Crippen molar-refractivity contribution in [2.75, 3.05) is 31.2 Å². The van der Waals surface area contributed by atoms with E-state index >= 15 is 0 Å². The highest BCUT2D eigenvalue weighted by Crippen LogP contribution is 2.28. The average molecular weight is 328 g/mol. The van der Waals surface area contributed by atoms with Gasteiger partial charge in [0.2, 0.25) is 10.0 Å². The number of anilines is 1. The lowest BCUT2D eigenvalue weighted by molar-refractivity contribution is 0.428. The zero-order chi connectivity index (χ0) is 15.5. The van der Waals surface area contributed by atoms with Crippen LogP contribution < -0.4 is 5.32 Å². The summed E-state index contributed by atoms with van der Waals surface area (Å²) in [5.41, 5.74) is 2.12. The third kappa shape index (κ3) is 3.90. The molecule has 0 saturated carbocycles. The molecule has 1 N–H and O–H groups in total. The number of nitrogens with zero attached hydrogens (tertiary/aromatic N) is 3. The van der Waals surface area contributed by atoms with Crippen LogP contribution in [0.25, 0.3) is 10.2 Å². The molecule has 0 fully saturated rings.